The molecule has 3 aromatic heterocycles. The van der Waals surface area contributed by atoms with Crippen molar-refractivity contribution in [3.8, 4) is 22.6 Å². The molecule has 5 heterocycles. The van der Waals surface area contributed by atoms with Crippen LogP contribution in [0.4, 0.5) is 22.1 Å². The molecule has 2 aliphatic heterocycles. The molecule has 0 spiro atoms. The van der Waals surface area contributed by atoms with Crippen LogP contribution < -0.4 is 15.1 Å². The van der Waals surface area contributed by atoms with Gasteiger partial charge >= 0.3 is 6.03 Å². The van der Waals surface area contributed by atoms with Crippen LogP contribution in [0.2, 0.25) is 0 Å². The minimum atomic E-state index is -3.37. The van der Waals surface area contributed by atoms with Gasteiger partial charge in [-0.1, -0.05) is 12.1 Å². The van der Waals surface area contributed by atoms with E-state index in [9.17, 15) is 13.2 Å². The number of fused-ring (bicyclic) bond motifs is 4. The minimum absolute atomic E-state index is 0.0416. The van der Waals surface area contributed by atoms with E-state index in [0.29, 0.717) is 28.7 Å². The number of carbonyl (C=O) groups excluding carboxylic acids is 1. The molecule has 182 valence electrons. The number of nitrogens with zero attached hydrogens (tertiary/aromatic N) is 5. The number of hydrogen-bond acceptors (Lipinski definition) is 8. The Kier molecular flexibility index (Phi) is 5.22. The fraction of sp³-hybridized carbons (Fsp3) is 0.200. The molecular weight excluding hydrogens is 480 g/mol. The average molecular weight is 503 g/mol. The monoisotopic (exact) mass is 502 g/mol. The molecule has 0 unspecified atom stereocenters. The van der Waals surface area contributed by atoms with E-state index in [1.807, 2.05) is 18.2 Å². The molecule has 1 aromatic carbocycles. The van der Waals surface area contributed by atoms with E-state index in [2.05, 4.69) is 20.2 Å². The number of benzene rings is 1. The summed E-state index contributed by atoms with van der Waals surface area (Å²) in [6, 6.07) is 13.6. The first-order chi connectivity index (χ1) is 17.4. The van der Waals surface area contributed by atoms with Gasteiger partial charge in [0.2, 0.25) is 0 Å². The van der Waals surface area contributed by atoms with Crippen LogP contribution in [0, 0.1) is 0 Å². The smallest absolute Gasteiger partial charge is 0.329 e. The molecule has 2 amide bonds. The summed E-state index contributed by atoms with van der Waals surface area (Å²) >= 11 is 0. The van der Waals surface area contributed by atoms with Crippen molar-refractivity contribution >= 4 is 33.2 Å². The maximum absolute atomic E-state index is 13.6. The highest BCUT2D eigenvalue weighted by Gasteiger charge is 2.40. The Morgan fingerprint density at radius 3 is 2.83 bits per heavy atom. The number of aromatic nitrogens is 3. The number of rotatable bonds is 4. The first-order valence-electron chi connectivity index (χ1n) is 11.4. The standard InChI is InChI=1S/C25H22N6O4S/c1-36(33,34)19-4-2-3-16(11-19)20-5-6-21-24(28-20)31(18-8-10-30(21)14-18)25(32)29-23-12-17(7-9-27-23)22-13-26-15-35-22/h2-7,9,11-13,15,18H,8,10,14H2,1H3,(H,27,29,32)/t18-/m0/s1. The van der Waals surface area contributed by atoms with Crippen LogP contribution in [0.15, 0.2) is 76.6 Å². The molecule has 1 fully saturated rings. The van der Waals surface area contributed by atoms with Crippen molar-refractivity contribution in [3.63, 3.8) is 0 Å². The van der Waals surface area contributed by atoms with Crippen molar-refractivity contribution < 1.29 is 17.6 Å². The van der Waals surface area contributed by atoms with Crippen LogP contribution in [-0.4, -0.2) is 54.8 Å². The van der Waals surface area contributed by atoms with Crippen molar-refractivity contribution in [1.82, 2.24) is 15.0 Å². The SMILES string of the molecule is CS(=O)(=O)c1cccc(-c2ccc3c(n2)N(C(=O)Nc2cc(-c4cnco4)ccn2)[C@H]2CCN3C2)c1. The molecule has 1 atom stereocenters. The van der Waals surface area contributed by atoms with Gasteiger partial charge in [-0.05, 0) is 42.8 Å². The van der Waals surface area contributed by atoms with Gasteiger partial charge in [0.25, 0.3) is 0 Å². The molecule has 11 heteroatoms. The lowest BCUT2D eigenvalue weighted by Gasteiger charge is -2.35. The second-order valence-corrected chi connectivity index (χ2v) is 10.8. The van der Waals surface area contributed by atoms with Crippen molar-refractivity contribution in [2.45, 2.75) is 17.4 Å². The van der Waals surface area contributed by atoms with Crippen LogP contribution in [0.25, 0.3) is 22.6 Å². The lowest BCUT2D eigenvalue weighted by atomic mass is 10.1. The van der Waals surface area contributed by atoms with Crippen molar-refractivity contribution in [1.29, 1.82) is 0 Å². The summed E-state index contributed by atoms with van der Waals surface area (Å²) in [5.41, 5.74) is 2.86. The van der Waals surface area contributed by atoms with E-state index < -0.39 is 9.84 Å². The Morgan fingerprint density at radius 2 is 2.03 bits per heavy atom. The molecule has 4 aromatic rings. The molecule has 6 rings (SSSR count). The van der Waals surface area contributed by atoms with E-state index in [1.165, 1.54) is 12.6 Å². The zero-order valence-corrected chi connectivity index (χ0v) is 20.1. The molecule has 1 N–H and O–H groups in total. The molecule has 36 heavy (non-hydrogen) atoms. The Bertz CT molecular complexity index is 1570. The first kappa shape index (κ1) is 22.2. The second kappa shape index (κ2) is 8.45. The third kappa shape index (κ3) is 3.97. The normalized spacial score (nSPS) is 16.6. The maximum Gasteiger partial charge on any atom is 0.329 e. The Hall–Kier alpha value is -4.25. The fourth-order valence-corrected chi connectivity index (χ4v) is 5.37. The van der Waals surface area contributed by atoms with E-state index in [0.717, 1.165) is 30.8 Å². The fourth-order valence-electron chi connectivity index (χ4n) is 4.70. The number of nitrogens with one attached hydrogen (secondary N) is 1. The number of amides is 2. The minimum Gasteiger partial charge on any atom is -0.444 e. The van der Waals surface area contributed by atoms with Crippen LogP contribution in [0.1, 0.15) is 6.42 Å². The Balaban J connectivity index is 1.35. The summed E-state index contributed by atoms with van der Waals surface area (Å²) in [5, 5.41) is 2.90. The number of hydrogen-bond donors (Lipinski definition) is 1. The van der Waals surface area contributed by atoms with Gasteiger partial charge in [0.1, 0.15) is 5.82 Å². The predicted molar refractivity (Wildman–Crippen MR) is 135 cm³/mol. The van der Waals surface area contributed by atoms with Crippen molar-refractivity contribution in [3.05, 3.63) is 67.3 Å². The van der Waals surface area contributed by atoms with Crippen LogP contribution in [0.3, 0.4) is 0 Å². The van der Waals surface area contributed by atoms with Crippen LogP contribution >= 0.6 is 0 Å². The summed E-state index contributed by atoms with van der Waals surface area (Å²) < 4.78 is 29.5. The van der Waals surface area contributed by atoms with Gasteiger partial charge in [-0.3, -0.25) is 10.2 Å². The van der Waals surface area contributed by atoms with E-state index in [1.54, 1.807) is 47.6 Å². The largest absolute Gasteiger partial charge is 0.444 e. The molecule has 0 saturated carbocycles. The highest BCUT2D eigenvalue weighted by molar-refractivity contribution is 7.90. The molecule has 0 radical (unpaired) electrons. The Morgan fingerprint density at radius 1 is 1.14 bits per heavy atom. The number of anilines is 3. The summed E-state index contributed by atoms with van der Waals surface area (Å²) in [7, 11) is -3.37. The summed E-state index contributed by atoms with van der Waals surface area (Å²) in [6.07, 6.45) is 6.53. The lowest BCUT2D eigenvalue weighted by molar-refractivity contribution is 0.254. The third-order valence-corrected chi connectivity index (χ3v) is 7.55. The molecule has 10 nitrogen and oxygen atoms in total. The molecule has 1 saturated heterocycles. The number of oxazole rings is 1. The van der Waals surface area contributed by atoms with E-state index >= 15 is 0 Å². The van der Waals surface area contributed by atoms with Crippen LogP contribution in [0.5, 0.6) is 0 Å². The summed E-state index contributed by atoms with van der Waals surface area (Å²) in [4.78, 5) is 30.7. The zero-order valence-electron chi connectivity index (χ0n) is 19.3. The number of pyridine rings is 2. The molecular formula is C25H22N6O4S. The quantitative estimate of drug-likeness (QED) is 0.447. The first-order valence-corrected chi connectivity index (χ1v) is 13.3. The summed E-state index contributed by atoms with van der Waals surface area (Å²) in [6.45, 7) is 1.54. The number of urea groups is 1. The summed E-state index contributed by atoms with van der Waals surface area (Å²) in [5.74, 6) is 1.49. The van der Waals surface area contributed by atoms with Gasteiger partial charge in [0.15, 0.2) is 27.8 Å². The highest BCUT2D eigenvalue weighted by atomic mass is 32.2. The van der Waals surface area contributed by atoms with Gasteiger partial charge in [0.05, 0.1) is 28.5 Å². The number of sulfone groups is 1. The van der Waals surface area contributed by atoms with Gasteiger partial charge in [-0.15, -0.1) is 0 Å². The molecule has 0 aliphatic carbocycles. The average Bonchev–Trinajstić information content (AvgIpc) is 3.55. The van der Waals surface area contributed by atoms with Crippen molar-refractivity contribution in [2.75, 3.05) is 34.5 Å². The molecule has 2 bridgehead atoms. The van der Waals surface area contributed by atoms with Gasteiger partial charge in [-0.2, -0.15) is 0 Å². The third-order valence-electron chi connectivity index (χ3n) is 6.44. The van der Waals surface area contributed by atoms with Crippen LogP contribution in [-0.2, 0) is 9.84 Å². The topological polar surface area (TPSA) is 122 Å². The zero-order chi connectivity index (χ0) is 24.9. The second-order valence-electron chi connectivity index (χ2n) is 8.82. The predicted octanol–water partition coefficient (Wildman–Crippen LogP) is 3.83. The van der Waals surface area contributed by atoms with Gasteiger partial charge in [0, 0.05) is 36.7 Å². The number of carbonyl (C=O) groups is 1. The van der Waals surface area contributed by atoms with Crippen molar-refractivity contribution in [2.24, 2.45) is 0 Å². The van der Waals surface area contributed by atoms with E-state index in [4.69, 9.17) is 9.40 Å². The lowest BCUT2D eigenvalue weighted by Crippen LogP contribution is -2.48. The van der Waals surface area contributed by atoms with Gasteiger partial charge < -0.3 is 9.32 Å². The highest BCUT2D eigenvalue weighted by Crippen LogP contribution is 2.40. The van der Waals surface area contributed by atoms with Gasteiger partial charge in [-0.25, -0.2) is 28.2 Å². The maximum atomic E-state index is 13.6. The Labute approximate surface area is 207 Å². The van der Waals surface area contributed by atoms with E-state index in [-0.39, 0.29) is 17.0 Å². The molecule has 2 aliphatic rings.